The number of thiophene rings is 2. The predicted molar refractivity (Wildman–Crippen MR) is 87.6 cm³/mol. The molecule has 2 aromatic rings. The highest BCUT2D eigenvalue weighted by Gasteiger charge is 2.18. The maximum atomic E-state index is 12.1. The van der Waals surface area contributed by atoms with Gasteiger partial charge in [-0.2, -0.15) is 0 Å². The molecule has 0 aliphatic rings. The van der Waals surface area contributed by atoms with E-state index in [0.717, 1.165) is 25.8 Å². The van der Waals surface area contributed by atoms with Crippen molar-refractivity contribution in [1.29, 1.82) is 0 Å². The number of hydrogen-bond donors (Lipinski definition) is 0. The van der Waals surface area contributed by atoms with Crippen LogP contribution >= 0.6 is 22.7 Å². The Morgan fingerprint density at radius 3 is 2.14 bits per heavy atom. The summed E-state index contributed by atoms with van der Waals surface area (Å²) >= 11 is 3.30. The van der Waals surface area contributed by atoms with Gasteiger partial charge < -0.3 is 4.74 Å². The molecule has 0 spiro atoms. The van der Waals surface area contributed by atoms with E-state index < -0.39 is 5.97 Å². The van der Waals surface area contributed by atoms with Crippen LogP contribution in [0.1, 0.15) is 30.6 Å². The minimum atomic E-state index is -0.617. The largest absolute Gasteiger partial charge is 0.392 e. The molecule has 0 unspecified atom stereocenters. The first-order chi connectivity index (χ1) is 9.92. The van der Waals surface area contributed by atoms with E-state index in [4.69, 9.17) is 0 Å². The summed E-state index contributed by atoms with van der Waals surface area (Å²) in [7, 11) is 0. The van der Waals surface area contributed by atoms with Crippen molar-refractivity contribution in [2.45, 2.75) is 27.7 Å². The van der Waals surface area contributed by atoms with Gasteiger partial charge in [0.25, 0.3) is 0 Å². The fourth-order valence-electron chi connectivity index (χ4n) is 2.20. The first-order valence-corrected chi connectivity index (χ1v) is 8.06. The van der Waals surface area contributed by atoms with Crippen LogP contribution in [0.4, 0.5) is 0 Å². The highest BCUT2D eigenvalue weighted by molar-refractivity contribution is 7.12. The molecule has 0 radical (unpaired) electrons. The zero-order chi connectivity index (χ0) is 15.6. The van der Waals surface area contributed by atoms with Gasteiger partial charge in [0.1, 0.15) is 0 Å². The maximum absolute atomic E-state index is 12.1. The summed E-state index contributed by atoms with van der Waals surface area (Å²) in [6, 6.07) is 3.98. The van der Waals surface area contributed by atoms with Gasteiger partial charge in [0.05, 0.1) is 5.57 Å². The van der Waals surface area contributed by atoms with Crippen LogP contribution < -0.4 is 0 Å². The summed E-state index contributed by atoms with van der Waals surface area (Å²) < 4.78 is 4.56. The van der Waals surface area contributed by atoms with E-state index >= 15 is 0 Å². The van der Waals surface area contributed by atoms with E-state index in [9.17, 15) is 9.59 Å². The molecule has 0 fully saturated rings. The van der Waals surface area contributed by atoms with Crippen LogP contribution in [0.25, 0.3) is 11.6 Å². The zero-order valence-electron chi connectivity index (χ0n) is 12.4. The molecule has 3 nitrogen and oxygen atoms in total. The molecule has 2 rings (SSSR count). The molecule has 0 atom stereocenters. The zero-order valence-corrected chi connectivity index (χ0v) is 14.0. The van der Waals surface area contributed by atoms with Crippen LogP contribution in [0.5, 0.6) is 0 Å². The standard InChI is InChI=1S/C16H16O3S2/c1-9-5-13(11(3)20-9)7-15(16(18)19-8-17)14-6-10(2)21-12(14)4/h5-8H,1-4H3/b15-7+. The third-order valence-electron chi connectivity index (χ3n) is 3.09. The smallest absolute Gasteiger partial charge is 0.346 e. The lowest BCUT2D eigenvalue weighted by Crippen LogP contribution is -2.06. The Bertz CT molecular complexity index is 720. The van der Waals surface area contributed by atoms with Crippen LogP contribution in [-0.4, -0.2) is 12.4 Å². The average Bonchev–Trinajstić information content (AvgIpc) is 2.88. The molecule has 0 bridgehead atoms. The molecule has 0 aliphatic heterocycles. The molecule has 21 heavy (non-hydrogen) atoms. The van der Waals surface area contributed by atoms with E-state index in [1.807, 2.05) is 39.8 Å². The fourth-order valence-corrected chi connectivity index (χ4v) is 4.04. The highest BCUT2D eigenvalue weighted by atomic mass is 32.1. The van der Waals surface area contributed by atoms with Crippen LogP contribution in [0.2, 0.25) is 0 Å². The second-order valence-corrected chi connectivity index (χ2v) is 7.68. The van der Waals surface area contributed by atoms with Gasteiger partial charge in [0, 0.05) is 25.1 Å². The summed E-state index contributed by atoms with van der Waals surface area (Å²) in [6.45, 7) is 8.16. The minimum Gasteiger partial charge on any atom is -0.392 e. The van der Waals surface area contributed by atoms with Crippen LogP contribution in [0.15, 0.2) is 12.1 Å². The average molecular weight is 320 g/mol. The summed E-state index contributed by atoms with van der Waals surface area (Å²) in [4.78, 5) is 27.1. The second-order valence-electron chi connectivity index (χ2n) is 4.76. The molecule has 0 saturated heterocycles. The van der Waals surface area contributed by atoms with Gasteiger partial charge in [-0.1, -0.05) is 0 Å². The van der Waals surface area contributed by atoms with Gasteiger partial charge in [0.2, 0.25) is 0 Å². The Hall–Kier alpha value is -1.72. The number of ether oxygens (including phenoxy) is 1. The summed E-state index contributed by atoms with van der Waals surface area (Å²) in [5.74, 6) is -0.617. The third-order valence-corrected chi connectivity index (χ3v) is 5.03. The van der Waals surface area contributed by atoms with Crippen molar-refractivity contribution >= 4 is 46.8 Å². The minimum absolute atomic E-state index is 0.177. The Balaban J connectivity index is 2.56. The predicted octanol–water partition coefficient (Wildman–Crippen LogP) is 4.28. The number of hydrogen-bond acceptors (Lipinski definition) is 5. The van der Waals surface area contributed by atoms with Gasteiger partial charge in [0.15, 0.2) is 0 Å². The number of esters is 1. The van der Waals surface area contributed by atoms with Gasteiger partial charge >= 0.3 is 12.4 Å². The van der Waals surface area contributed by atoms with E-state index in [2.05, 4.69) is 4.74 Å². The lowest BCUT2D eigenvalue weighted by atomic mass is 10.0. The van der Waals surface area contributed by atoms with Crippen molar-refractivity contribution in [2.75, 3.05) is 0 Å². The van der Waals surface area contributed by atoms with Crippen molar-refractivity contribution in [3.63, 3.8) is 0 Å². The second kappa shape index (κ2) is 6.37. The molecule has 110 valence electrons. The number of rotatable bonds is 4. The monoisotopic (exact) mass is 320 g/mol. The Morgan fingerprint density at radius 2 is 1.67 bits per heavy atom. The van der Waals surface area contributed by atoms with Crippen molar-refractivity contribution < 1.29 is 14.3 Å². The Kier molecular flexibility index (Phi) is 4.75. The highest BCUT2D eigenvalue weighted by Crippen LogP contribution is 2.31. The number of aryl methyl sites for hydroxylation is 4. The SMILES string of the molecule is Cc1cc(/C=C(/C(=O)OC=O)c2cc(C)sc2C)c(C)s1. The molecule has 0 N–H and O–H groups in total. The molecule has 2 heterocycles. The number of carbonyl (C=O) groups is 2. The van der Waals surface area contributed by atoms with Crippen LogP contribution in [0.3, 0.4) is 0 Å². The molecular formula is C16H16O3S2. The molecule has 5 heteroatoms. The third kappa shape index (κ3) is 3.49. The van der Waals surface area contributed by atoms with E-state index in [0.29, 0.717) is 5.57 Å². The van der Waals surface area contributed by atoms with E-state index in [1.165, 1.54) is 4.88 Å². The first kappa shape index (κ1) is 15.7. The van der Waals surface area contributed by atoms with Crippen molar-refractivity contribution in [3.8, 4) is 0 Å². The number of carbonyl (C=O) groups excluding carboxylic acids is 2. The molecule has 0 amide bonds. The lowest BCUT2D eigenvalue weighted by molar-refractivity contribution is -0.146. The molecule has 0 saturated carbocycles. The van der Waals surface area contributed by atoms with Crippen LogP contribution in [-0.2, 0) is 14.3 Å². The fraction of sp³-hybridized carbons (Fsp3) is 0.250. The Labute approximate surface area is 131 Å². The lowest BCUT2D eigenvalue weighted by Gasteiger charge is -2.04. The first-order valence-electron chi connectivity index (χ1n) is 6.43. The molecule has 0 aliphatic carbocycles. The molecule has 2 aromatic heterocycles. The summed E-state index contributed by atoms with van der Waals surface area (Å²) in [5, 5.41) is 0. The normalized spacial score (nSPS) is 11.5. The van der Waals surface area contributed by atoms with Gasteiger partial charge in [-0.05, 0) is 51.5 Å². The van der Waals surface area contributed by atoms with Gasteiger partial charge in [-0.3, -0.25) is 4.79 Å². The summed E-state index contributed by atoms with van der Waals surface area (Å²) in [6.07, 6.45) is 1.80. The molecule has 0 aromatic carbocycles. The van der Waals surface area contributed by atoms with E-state index in [1.54, 1.807) is 28.7 Å². The maximum Gasteiger partial charge on any atom is 0.346 e. The van der Waals surface area contributed by atoms with Crippen molar-refractivity contribution in [1.82, 2.24) is 0 Å². The summed E-state index contributed by atoms with van der Waals surface area (Å²) in [5.41, 5.74) is 2.23. The van der Waals surface area contributed by atoms with E-state index in [-0.39, 0.29) is 6.47 Å². The van der Waals surface area contributed by atoms with Gasteiger partial charge in [-0.25, -0.2) is 4.79 Å². The molecular weight excluding hydrogens is 304 g/mol. The quantitative estimate of drug-likeness (QED) is 0.365. The van der Waals surface area contributed by atoms with Crippen molar-refractivity contribution in [3.05, 3.63) is 42.8 Å². The Morgan fingerprint density at radius 1 is 1.05 bits per heavy atom. The van der Waals surface area contributed by atoms with Crippen LogP contribution in [0, 0.1) is 27.7 Å². The van der Waals surface area contributed by atoms with Gasteiger partial charge in [-0.15, -0.1) is 22.7 Å². The van der Waals surface area contributed by atoms with Crippen molar-refractivity contribution in [2.24, 2.45) is 0 Å². The topological polar surface area (TPSA) is 43.4 Å².